The van der Waals surface area contributed by atoms with Crippen LogP contribution in [0.2, 0.25) is 5.02 Å². The number of hydrogen-bond donors (Lipinski definition) is 4. The topological polar surface area (TPSA) is 147 Å². The van der Waals surface area contributed by atoms with Crippen LogP contribution in [0.4, 0.5) is 5.82 Å². The first-order chi connectivity index (χ1) is 18.5. The number of aliphatic hydroxyl groups is 2. The van der Waals surface area contributed by atoms with Gasteiger partial charge in [0.1, 0.15) is 12.2 Å². The zero-order valence-corrected chi connectivity index (χ0v) is 19.7. The average molecular weight is 513 g/mol. The minimum Gasteiger partial charge on any atom is -0.387 e. The third-order valence-electron chi connectivity index (χ3n) is 5.82. The molecule has 1 fully saturated rings. The molecule has 36 heavy (non-hydrogen) atoms. The molecule has 1 amide bonds. The zero-order valence-electron chi connectivity index (χ0n) is 22.0. The second-order valence-corrected chi connectivity index (χ2v) is 8.81. The Hall–Kier alpha value is -3.64. The quantitative estimate of drug-likeness (QED) is 0.303. The Balaban J connectivity index is 1.54. The highest BCUT2D eigenvalue weighted by molar-refractivity contribution is 6.30. The monoisotopic (exact) mass is 512 g/mol. The maximum atomic E-state index is 12.4. The van der Waals surface area contributed by atoms with Crippen molar-refractivity contribution in [2.75, 3.05) is 12.3 Å². The molecule has 0 saturated carbocycles. The van der Waals surface area contributed by atoms with Crippen LogP contribution in [0.3, 0.4) is 0 Å². The van der Waals surface area contributed by atoms with Crippen LogP contribution < -0.4 is 10.6 Å². The molecule has 12 heteroatoms. The fraction of sp³-hybridized carbons (Fsp3) is 0.292. The van der Waals surface area contributed by atoms with Gasteiger partial charge in [0.2, 0.25) is 0 Å². The van der Waals surface area contributed by atoms with Gasteiger partial charge in [0.25, 0.3) is 5.91 Å². The molecule has 1 saturated heterocycles. The summed E-state index contributed by atoms with van der Waals surface area (Å²) in [5, 5.41) is 26.7. The van der Waals surface area contributed by atoms with Crippen molar-refractivity contribution in [2.45, 2.75) is 38.0 Å². The van der Waals surface area contributed by atoms with Gasteiger partial charge in [-0.25, -0.2) is 15.0 Å². The number of amides is 1. The number of hydrogen-bond acceptors (Lipinski definition) is 9. The van der Waals surface area contributed by atoms with Crippen molar-refractivity contribution in [3.63, 3.8) is 0 Å². The van der Waals surface area contributed by atoms with Crippen LogP contribution in [-0.4, -0.2) is 65.9 Å². The van der Waals surface area contributed by atoms with Crippen molar-refractivity contribution in [3.8, 4) is 11.4 Å². The Labute approximate surface area is 215 Å². The Kier molecular flexibility index (Phi) is 5.58. The van der Waals surface area contributed by atoms with Crippen molar-refractivity contribution in [2.24, 2.45) is 0 Å². The molecule has 4 aromatic rings. The number of aryl methyl sites for hydroxylation is 1. The molecule has 3 aromatic heterocycles. The molecule has 4 atom stereocenters. The summed E-state index contributed by atoms with van der Waals surface area (Å²) in [6, 6.07) is 9.57. The van der Waals surface area contributed by atoms with Gasteiger partial charge in [-0.05, 0) is 18.6 Å². The lowest BCUT2D eigenvalue weighted by Crippen LogP contribution is -2.41. The number of aliphatic hydroxyl groups excluding tert-OH is 2. The van der Waals surface area contributed by atoms with Gasteiger partial charge < -0.3 is 25.6 Å². The molecular formula is C24H24ClN7O4. The van der Waals surface area contributed by atoms with Gasteiger partial charge in [-0.2, -0.15) is 0 Å². The van der Waals surface area contributed by atoms with Gasteiger partial charge in [0, 0.05) is 35.6 Å². The number of imidazole rings is 1. The van der Waals surface area contributed by atoms with E-state index >= 15 is 0 Å². The summed E-state index contributed by atoms with van der Waals surface area (Å²) in [4.78, 5) is 30.1. The van der Waals surface area contributed by atoms with Crippen LogP contribution in [-0.2, 0) is 16.1 Å². The smallest absolute Gasteiger partial charge is 0.251 e. The number of benzene rings is 1. The van der Waals surface area contributed by atoms with Crippen LogP contribution in [0, 0.1) is 6.92 Å². The standard InChI is InChI=1S/C24H24ClN7O4/c1-12-4-3-5-13(6-12)8-28-21-16-22(31-20(30-21)14-7-15(25)10-27-9-14)32(11-29-16)24-18(34)17(33)19(36-24)23(35)26-2/h3-7,9-11,17-19,24,33-34H,8H2,1-2H3,(H,26,35)(H,28,30,31)/t17-,18+,19-,24+/m0/s1/i2D3. The van der Waals surface area contributed by atoms with E-state index in [9.17, 15) is 15.0 Å². The van der Waals surface area contributed by atoms with Gasteiger partial charge in [0.15, 0.2) is 35.1 Å². The number of ether oxygens (including phenoxy) is 1. The molecule has 4 heterocycles. The summed E-state index contributed by atoms with van der Waals surface area (Å²) in [5.41, 5.74) is 3.17. The van der Waals surface area contributed by atoms with E-state index in [0.717, 1.165) is 11.1 Å². The largest absolute Gasteiger partial charge is 0.387 e. The number of nitrogens with one attached hydrogen (secondary N) is 2. The fourth-order valence-electron chi connectivity index (χ4n) is 4.07. The lowest BCUT2D eigenvalue weighted by molar-refractivity contribution is -0.137. The van der Waals surface area contributed by atoms with E-state index < -0.39 is 37.4 Å². The summed E-state index contributed by atoms with van der Waals surface area (Å²) in [5.74, 6) is -0.468. The predicted molar refractivity (Wildman–Crippen MR) is 132 cm³/mol. The Morgan fingerprint density at radius 1 is 1.25 bits per heavy atom. The van der Waals surface area contributed by atoms with Gasteiger partial charge in [0.05, 0.1) is 11.3 Å². The highest BCUT2D eigenvalue weighted by Gasteiger charge is 2.47. The molecule has 5 rings (SSSR count). The predicted octanol–water partition coefficient (Wildman–Crippen LogP) is 1.83. The van der Waals surface area contributed by atoms with E-state index in [1.165, 1.54) is 23.3 Å². The molecule has 186 valence electrons. The first kappa shape index (κ1) is 20.5. The highest BCUT2D eigenvalue weighted by Crippen LogP contribution is 2.34. The molecule has 0 spiro atoms. The third kappa shape index (κ3) is 4.49. The van der Waals surface area contributed by atoms with Gasteiger partial charge >= 0.3 is 0 Å². The second-order valence-electron chi connectivity index (χ2n) is 8.37. The molecule has 1 aliphatic heterocycles. The summed E-state index contributed by atoms with van der Waals surface area (Å²) in [6.07, 6.45) is -1.89. The minimum atomic E-state index is -2.80. The van der Waals surface area contributed by atoms with Crippen molar-refractivity contribution >= 4 is 34.5 Å². The molecule has 0 aliphatic carbocycles. The number of nitrogens with zero attached hydrogens (tertiary/aromatic N) is 5. The van der Waals surface area contributed by atoms with Crippen molar-refractivity contribution in [1.82, 2.24) is 29.8 Å². The second kappa shape index (κ2) is 9.78. The Morgan fingerprint density at radius 2 is 2.11 bits per heavy atom. The molecular weight excluding hydrogens is 486 g/mol. The van der Waals surface area contributed by atoms with E-state index in [4.69, 9.17) is 20.5 Å². The summed E-state index contributed by atoms with van der Waals surface area (Å²) < 4.78 is 28.7. The maximum Gasteiger partial charge on any atom is 0.251 e. The van der Waals surface area contributed by atoms with E-state index in [0.29, 0.717) is 28.5 Å². The number of carbonyl (C=O) groups excluding carboxylic acids is 1. The van der Waals surface area contributed by atoms with Crippen LogP contribution in [0.25, 0.3) is 22.6 Å². The number of fused-ring (bicyclic) bond motifs is 1. The molecule has 0 radical (unpaired) electrons. The van der Waals surface area contributed by atoms with Crippen molar-refractivity contribution in [3.05, 3.63) is 65.2 Å². The van der Waals surface area contributed by atoms with Gasteiger partial charge in [-0.15, -0.1) is 0 Å². The van der Waals surface area contributed by atoms with Crippen LogP contribution >= 0.6 is 11.6 Å². The van der Waals surface area contributed by atoms with E-state index in [2.05, 4.69) is 25.3 Å². The fourth-order valence-corrected chi connectivity index (χ4v) is 4.25. The molecule has 4 N–H and O–H groups in total. The maximum absolute atomic E-state index is 12.4. The number of carbonyl (C=O) groups is 1. The van der Waals surface area contributed by atoms with Gasteiger partial charge in [-0.1, -0.05) is 41.4 Å². The van der Waals surface area contributed by atoms with Crippen LogP contribution in [0.1, 0.15) is 21.5 Å². The lowest BCUT2D eigenvalue weighted by atomic mass is 10.1. The molecule has 11 nitrogen and oxygen atoms in total. The number of likely N-dealkylation sites (N-methyl/N-ethyl adjacent to an activating group) is 1. The number of anilines is 1. The summed E-state index contributed by atoms with van der Waals surface area (Å²) in [7, 11) is 0. The third-order valence-corrected chi connectivity index (χ3v) is 6.03. The first-order valence-corrected chi connectivity index (χ1v) is 11.4. The molecule has 1 aromatic carbocycles. The lowest BCUT2D eigenvalue weighted by Gasteiger charge is -2.17. The van der Waals surface area contributed by atoms with E-state index in [1.807, 2.05) is 31.2 Å². The highest BCUT2D eigenvalue weighted by atomic mass is 35.5. The van der Waals surface area contributed by atoms with Crippen molar-refractivity contribution < 1.29 is 23.9 Å². The molecule has 1 aliphatic rings. The number of pyridine rings is 1. The van der Waals surface area contributed by atoms with E-state index in [-0.39, 0.29) is 11.5 Å². The Bertz CT molecular complexity index is 1530. The molecule has 0 unspecified atom stereocenters. The summed E-state index contributed by atoms with van der Waals surface area (Å²) >= 11 is 6.14. The first-order valence-electron chi connectivity index (χ1n) is 12.5. The van der Waals surface area contributed by atoms with Crippen molar-refractivity contribution in [1.29, 1.82) is 0 Å². The average Bonchev–Trinajstić information content (AvgIpc) is 3.42. The van der Waals surface area contributed by atoms with Crippen LogP contribution in [0.15, 0.2) is 49.1 Å². The molecule has 0 bridgehead atoms. The SMILES string of the molecule is [2H]C([2H])([2H])NC(=O)[C@H]1O[C@@H](n2cnc3c(NCc4cccc(C)c4)nc(-c4cncc(Cl)c4)nc32)[C@H](O)[C@@H]1O. The van der Waals surface area contributed by atoms with E-state index in [1.54, 1.807) is 11.4 Å². The van der Waals surface area contributed by atoms with Gasteiger partial charge in [-0.3, -0.25) is 14.3 Å². The number of halogens is 1. The number of rotatable bonds is 6. The zero-order chi connectivity index (χ0) is 27.9. The Morgan fingerprint density at radius 3 is 2.89 bits per heavy atom. The summed E-state index contributed by atoms with van der Waals surface area (Å²) in [6.45, 7) is -0.381. The normalized spacial score (nSPS) is 23.2. The number of aromatic nitrogens is 5. The minimum absolute atomic E-state index is 0.222. The van der Waals surface area contributed by atoms with Crippen LogP contribution in [0.5, 0.6) is 0 Å².